The van der Waals surface area contributed by atoms with Crippen LogP contribution in [-0.2, 0) is 9.59 Å². The van der Waals surface area contributed by atoms with Gasteiger partial charge in [0, 0.05) is 22.2 Å². The van der Waals surface area contributed by atoms with Crippen molar-refractivity contribution in [3.63, 3.8) is 0 Å². The quantitative estimate of drug-likeness (QED) is 0.735. The molecule has 2 amide bonds. The summed E-state index contributed by atoms with van der Waals surface area (Å²) in [5.41, 5.74) is 7.92. The third-order valence-electron chi connectivity index (χ3n) is 4.61. The van der Waals surface area contributed by atoms with Crippen LogP contribution in [0.3, 0.4) is 0 Å². The summed E-state index contributed by atoms with van der Waals surface area (Å²) in [5, 5.41) is 15.2. The van der Waals surface area contributed by atoms with Crippen molar-refractivity contribution in [3.05, 3.63) is 62.8 Å². The SMILES string of the molecule is CC1=NC(SCC(N)=O)=C(C#N)[C@H](c2cccs2)C1C(=O)Nc1ccccc1C. The molecule has 0 saturated heterocycles. The van der Waals surface area contributed by atoms with Crippen molar-refractivity contribution in [2.45, 2.75) is 19.8 Å². The number of anilines is 1. The zero-order valence-corrected chi connectivity index (χ0v) is 17.6. The van der Waals surface area contributed by atoms with Gasteiger partial charge in [-0.3, -0.25) is 9.59 Å². The molecule has 1 aromatic carbocycles. The van der Waals surface area contributed by atoms with Crippen molar-refractivity contribution in [1.82, 2.24) is 0 Å². The van der Waals surface area contributed by atoms with Crippen LogP contribution in [0.25, 0.3) is 0 Å². The van der Waals surface area contributed by atoms with E-state index in [1.807, 2.05) is 48.7 Å². The zero-order chi connectivity index (χ0) is 21.0. The molecule has 1 unspecified atom stereocenters. The van der Waals surface area contributed by atoms with Crippen LogP contribution in [0.4, 0.5) is 5.69 Å². The molecule has 2 atom stereocenters. The third kappa shape index (κ3) is 4.58. The smallest absolute Gasteiger partial charge is 0.234 e. The van der Waals surface area contributed by atoms with Gasteiger partial charge in [0.15, 0.2) is 0 Å². The van der Waals surface area contributed by atoms with E-state index in [0.717, 1.165) is 27.9 Å². The molecule has 2 heterocycles. The Labute approximate surface area is 177 Å². The van der Waals surface area contributed by atoms with E-state index in [9.17, 15) is 14.9 Å². The second-order valence-corrected chi connectivity index (χ2v) is 8.56. The standard InChI is InChI=1S/C21H20N4O2S2/c1-12-6-3-4-7-15(12)25-20(27)18-13(2)24-21(29-11-17(23)26)14(10-22)19(18)16-8-5-9-28-16/h3-9,18-19H,11H2,1-2H3,(H2,23,26)(H,25,27)/t18?,19-/m1/s1. The van der Waals surface area contributed by atoms with Crippen molar-refractivity contribution >= 4 is 46.3 Å². The van der Waals surface area contributed by atoms with Crippen LogP contribution in [0.15, 0.2) is 57.4 Å². The van der Waals surface area contributed by atoms with Crippen molar-refractivity contribution in [3.8, 4) is 6.07 Å². The summed E-state index contributed by atoms with van der Waals surface area (Å²) in [6.07, 6.45) is 0. The van der Waals surface area contributed by atoms with Gasteiger partial charge in [-0.1, -0.05) is 36.0 Å². The fraction of sp³-hybridized carbons (Fsp3) is 0.238. The number of rotatable bonds is 6. The highest BCUT2D eigenvalue weighted by atomic mass is 32.2. The highest BCUT2D eigenvalue weighted by molar-refractivity contribution is 8.03. The first kappa shape index (κ1) is 20.8. The minimum atomic E-state index is -0.624. The monoisotopic (exact) mass is 424 g/mol. The molecule has 0 saturated carbocycles. The van der Waals surface area contributed by atoms with Gasteiger partial charge in [0.2, 0.25) is 11.8 Å². The van der Waals surface area contributed by atoms with Crippen molar-refractivity contribution in [2.24, 2.45) is 16.6 Å². The van der Waals surface area contributed by atoms with E-state index >= 15 is 0 Å². The van der Waals surface area contributed by atoms with Gasteiger partial charge in [0.25, 0.3) is 0 Å². The molecule has 0 radical (unpaired) electrons. The Bertz CT molecular complexity index is 1040. The first-order valence-electron chi connectivity index (χ1n) is 8.92. The van der Waals surface area contributed by atoms with Crippen molar-refractivity contribution in [2.75, 3.05) is 11.1 Å². The predicted octanol–water partition coefficient (Wildman–Crippen LogP) is 3.82. The number of thiophene rings is 1. The van der Waals surface area contributed by atoms with E-state index < -0.39 is 17.7 Å². The number of amides is 2. The molecule has 1 aliphatic heterocycles. The molecule has 1 aliphatic rings. The summed E-state index contributed by atoms with van der Waals surface area (Å²) in [6, 6.07) is 13.6. The Morgan fingerprint density at radius 3 is 2.66 bits per heavy atom. The maximum Gasteiger partial charge on any atom is 0.234 e. The highest BCUT2D eigenvalue weighted by Gasteiger charge is 2.40. The van der Waals surface area contributed by atoms with Crippen LogP contribution in [0.1, 0.15) is 23.3 Å². The van der Waals surface area contributed by atoms with Gasteiger partial charge >= 0.3 is 0 Å². The van der Waals surface area contributed by atoms with Crippen LogP contribution in [-0.4, -0.2) is 23.3 Å². The number of para-hydroxylation sites is 1. The molecule has 8 heteroatoms. The molecule has 148 valence electrons. The number of aryl methyl sites for hydroxylation is 1. The number of carbonyl (C=O) groups is 2. The minimum Gasteiger partial charge on any atom is -0.369 e. The van der Waals surface area contributed by atoms with Crippen LogP contribution in [0.5, 0.6) is 0 Å². The predicted molar refractivity (Wildman–Crippen MR) is 118 cm³/mol. The first-order valence-corrected chi connectivity index (χ1v) is 10.8. The lowest BCUT2D eigenvalue weighted by molar-refractivity contribution is -0.118. The number of benzene rings is 1. The number of nitrogens with zero attached hydrogens (tertiary/aromatic N) is 2. The molecular formula is C21H20N4O2S2. The van der Waals surface area contributed by atoms with Gasteiger partial charge in [-0.05, 0) is 36.9 Å². The zero-order valence-electron chi connectivity index (χ0n) is 16.0. The Hall–Kier alpha value is -2.89. The summed E-state index contributed by atoms with van der Waals surface area (Å²) in [5.74, 6) is -1.77. The van der Waals surface area contributed by atoms with Gasteiger partial charge in [0.05, 0.1) is 23.3 Å². The summed E-state index contributed by atoms with van der Waals surface area (Å²) in [4.78, 5) is 29.9. The average molecular weight is 425 g/mol. The number of hydrogen-bond donors (Lipinski definition) is 2. The number of nitriles is 1. The minimum absolute atomic E-state index is 0.0223. The lowest BCUT2D eigenvalue weighted by atomic mass is 9.80. The number of carbonyl (C=O) groups excluding carboxylic acids is 2. The highest BCUT2D eigenvalue weighted by Crippen LogP contribution is 2.43. The van der Waals surface area contributed by atoms with Crippen molar-refractivity contribution < 1.29 is 9.59 Å². The molecule has 0 spiro atoms. The molecule has 29 heavy (non-hydrogen) atoms. The Balaban J connectivity index is 2.01. The van der Waals surface area contributed by atoms with Gasteiger partial charge < -0.3 is 11.1 Å². The molecular weight excluding hydrogens is 404 g/mol. The third-order valence-corrected chi connectivity index (χ3v) is 6.58. The molecule has 3 N–H and O–H groups in total. The largest absolute Gasteiger partial charge is 0.369 e. The van der Waals surface area contributed by atoms with Crippen LogP contribution >= 0.6 is 23.1 Å². The average Bonchev–Trinajstić information content (AvgIpc) is 3.21. The second kappa shape index (κ2) is 9.07. The summed E-state index contributed by atoms with van der Waals surface area (Å²) < 4.78 is 0. The number of primary amides is 1. The number of nitrogens with one attached hydrogen (secondary N) is 1. The van der Waals surface area contributed by atoms with Gasteiger partial charge in [0.1, 0.15) is 5.03 Å². The number of thioether (sulfide) groups is 1. The number of hydrogen-bond acceptors (Lipinski definition) is 6. The first-order chi connectivity index (χ1) is 13.9. The molecule has 0 bridgehead atoms. The Kier molecular flexibility index (Phi) is 6.52. The molecule has 3 rings (SSSR count). The number of aliphatic imine (C=N–C) groups is 1. The van der Waals surface area contributed by atoms with E-state index in [0.29, 0.717) is 16.3 Å². The summed E-state index contributed by atoms with van der Waals surface area (Å²) in [7, 11) is 0. The fourth-order valence-electron chi connectivity index (χ4n) is 3.24. The fourth-order valence-corrected chi connectivity index (χ4v) is 4.92. The molecule has 6 nitrogen and oxygen atoms in total. The maximum absolute atomic E-state index is 13.3. The van der Waals surface area contributed by atoms with E-state index in [-0.39, 0.29) is 11.7 Å². The Morgan fingerprint density at radius 2 is 2.03 bits per heavy atom. The van der Waals surface area contributed by atoms with Crippen LogP contribution in [0, 0.1) is 24.2 Å². The summed E-state index contributed by atoms with van der Waals surface area (Å²) >= 11 is 2.62. The Morgan fingerprint density at radius 1 is 1.28 bits per heavy atom. The molecule has 0 fully saturated rings. The van der Waals surface area contributed by atoms with E-state index in [2.05, 4.69) is 16.4 Å². The lowest BCUT2D eigenvalue weighted by Crippen LogP contribution is -2.36. The topological polar surface area (TPSA) is 108 Å². The van der Waals surface area contributed by atoms with Gasteiger partial charge in [-0.15, -0.1) is 11.3 Å². The maximum atomic E-state index is 13.3. The molecule has 2 aromatic rings. The van der Waals surface area contributed by atoms with Gasteiger partial charge in [-0.25, -0.2) is 4.99 Å². The van der Waals surface area contributed by atoms with Crippen molar-refractivity contribution in [1.29, 1.82) is 5.26 Å². The lowest BCUT2D eigenvalue weighted by Gasteiger charge is -2.30. The van der Waals surface area contributed by atoms with E-state index in [1.54, 1.807) is 6.92 Å². The summed E-state index contributed by atoms with van der Waals surface area (Å²) in [6.45, 7) is 3.70. The van der Waals surface area contributed by atoms with E-state index in [1.165, 1.54) is 11.3 Å². The molecule has 0 aliphatic carbocycles. The molecule has 1 aromatic heterocycles. The van der Waals surface area contributed by atoms with Gasteiger partial charge in [-0.2, -0.15) is 5.26 Å². The number of nitrogens with two attached hydrogens (primary N) is 1. The second-order valence-electron chi connectivity index (χ2n) is 6.61. The van der Waals surface area contributed by atoms with Crippen LogP contribution in [0.2, 0.25) is 0 Å². The normalized spacial score (nSPS) is 18.7. The number of allylic oxidation sites excluding steroid dienone is 1. The van der Waals surface area contributed by atoms with Crippen LogP contribution < -0.4 is 11.1 Å². The van der Waals surface area contributed by atoms with E-state index in [4.69, 9.17) is 5.73 Å².